The summed E-state index contributed by atoms with van der Waals surface area (Å²) in [6.45, 7) is 5.89. The Morgan fingerprint density at radius 3 is 2.53 bits per heavy atom. The number of hydrogen-bond acceptors (Lipinski definition) is 4. The molecule has 6 heteroatoms. The number of likely N-dealkylation sites (tertiary alicyclic amines) is 1. The maximum atomic E-state index is 12.0. The molecule has 2 aliphatic rings. The van der Waals surface area contributed by atoms with Gasteiger partial charge in [0, 0.05) is 44.8 Å². The number of carbonyl (C=O) groups excluding carboxylic acids is 2. The van der Waals surface area contributed by atoms with Crippen LogP contribution in [0.15, 0.2) is 0 Å². The summed E-state index contributed by atoms with van der Waals surface area (Å²) in [7, 11) is 2.09. The van der Waals surface area contributed by atoms with Crippen molar-refractivity contribution >= 4 is 11.8 Å². The van der Waals surface area contributed by atoms with Crippen molar-refractivity contribution in [2.75, 3.05) is 39.8 Å². The lowest BCUT2D eigenvalue weighted by atomic mass is 9.99. The summed E-state index contributed by atoms with van der Waals surface area (Å²) in [5.74, 6) is -0.822. The van der Waals surface area contributed by atoms with Crippen molar-refractivity contribution in [1.29, 1.82) is 0 Å². The zero-order valence-electron chi connectivity index (χ0n) is 11.8. The van der Waals surface area contributed by atoms with Gasteiger partial charge in [-0.15, -0.1) is 0 Å². The molecule has 0 bridgehead atoms. The summed E-state index contributed by atoms with van der Waals surface area (Å²) in [4.78, 5) is 27.9. The van der Waals surface area contributed by atoms with E-state index < -0.39 is 5.91 Å². The molecular weight excluding hydrogens is 244 g/mol. The molecule has 2 aliphatic heterocycles. The molecule has 2 heterocycles. The van der Waals surface area contributed by atoms with Crippen molar-refractivity contribution in [3.63, 3.8) is 0 Å². The lowest BCUT2D eigenvalue weighted by molar-refractivity contribution is -0.146. The molecule has 0 aromatic carbocycles. The first-order valence-corrected chi connectivity index (χ1v) is 7.08. The van der Waals surface area contributed by atoms with E-state index in [4.69, 9.17) is 0 Å². The van der Waals surface area contributed by atoms with Crippen LogP contribution in [0, 0.1) is 0 Å². The Kier molecular flexibility index (Phi) is 4.76. The van der Waals surface area contributed by atoms with Crippen molar-refractivity contribution in [3.8, 4) is 0 Å². The fourth-order valence-electron chi connectivity index (χ4n) is 2.68. The van der Waals surface area contributed by atoms with Crippen LogP contribution in [0.1, 0.15) is 19.8 Å². The predicted octanol–water partition coefficient (Wildman–Crippen LogP) is -0.983. The average Bonchev–Trinajstić information content (AvgIpc) is 2.43. The van der Waals surface area contributed by atoms with E-state index in [1.54, 1.807) is 4.90 Å². The second kappa shape index (κ2) is 6.34. The zero-order chi connectivity index (χ0) is 13.8. The van der Waals surface area contributed by atoms with Gasteiger partial charge in [-0.25, -0.2) is 0 Å². The standard InChI is InChI=1S/C13H24N4O2/c1-10-9-11(3-6-16(10)2)15-12(18)13(19)17-7-4-14-5-8-17/h10-11,14H,3-9H2,1-2H3,(H,15,18). The van der Waals surface area contributed by atoms with Crippen LogP contribution in [0.25, 0.3) is 0 Å². The van der Waals surface area contributed by atoms with Gasteiger partial charge in [0.2, 0.25) is 0 Å². The number of hydrogen-bond donors (Lipinski definition) is 2. The van der Waals surface area contributed by atoms with Crippen LogP contribution in [0.2, 0.25) is 0 Å². The molecule has 6 nitrogen and oxygen atoms in total. The van der Waals surface area contributed by atoms with Gasteiger partial charge in [-0.1, -0.05) is 0 Å². The Hall–Kier alpha value is -1.14. The van der Waals surface area contributed by atoms with Gasteiger partial charge in [0.1, 0.15) is 0 Å². The van der Waals surface area contributed by atoms with Gasteiger partial charge in [0.15, 0.2) is 0 Å². The Bertz CT molecular complexity index is 342. The van der Waals surface area contributed by atoms with E-state index in [2.05, 4.69) is 29.5 Å². The van der Waals surface area contributed by atoms with Crippen LogP contribution in [-0.2, 0) is 9.59 Å². The van der Waals surface area contributed by atoms with Crippen LogP contribution in [0.4, 0.5) is 0 Å². The highest BCUT2D eigenvalue weighted by molar-refractivity contribution is 6.35. The monoisotopic (exact) mass is 268 g/mol. The summed E-state index contributed by atoms with van der Waals surface area (Å²) < 4.78 is 0. The first-order chi connectivity index (χ1) is 9.08. The molecule has 2 atom stereocenters. The molecule has 108 valence electrons. The summed E-state index contributed by atoms with van der Waals surface area (Å²) in [5, 5.41) is 6.06. The third kappa shape index (κ3) is 3.67. The highest BCUT2D eigenvalue weighted by atomic mass is 16.2. The van der Waals surface area contributed by atoms with Crippen molar-refractivity contribution in [2.45, 2.75) is 31.8 Å². The van der Waals surface area contributed by atoms with Gasteiger partial charge in [-0.05, 0) is 26.8 Å². The van der Waals surface area contributed by atoms with Crippen molar-refractivity contribution in [2.24, 2.45) is 0 Å². The quantitative estimate of drug-likeness (QED) is 0.600. The normalized spacial score (nSPS) is 29.1. The van der Waals surface area contributed by atoms with Crippen LogP contribution in [0.5, 0.6) is 0 Å². The van der Waals surface area contributed by atoms with Crippen LogP contribution >= 0.6 is 0 Å². The summed E-state index contributed by atoms with van der Waals surface area (Å²) in [6.07, 6.45) is 1.83. The maximum absolute atomic E-state index is 12.0. The minimum Gasteiger partial charge on any atom is -0.345 e. The third-order valence-electron chi connectivity index (χ3n) is 4.14. The van der Waals surface area contributed by atoms with E-state index >= 15 is 0 Å². The molecule has 2 amide bonds. The van der Waals surface area contributed by atoms with Gasteiger partial charge in [-0.3, -0.25) is 9.59 Å². The fourth-order valence-corrected chi connectivity index (χ4v) is 2.68. The molecule has 0 aromatic rings. The summed E-state index contributed by atoms with van der Waals surface area (Å²) in [6, 6.07) is 0.582. The molecular formula is C13H24N4O2. The highest BCUT2D eigenvalue weighted by Crippen LogP contribution is 2.15. The molecule has 0 aliphatic carbocycles. The number of nitrogens with one attached hydrogen (secondary N) is 2. The SMILES string of the molecule is CC1CC(NC(=O)C(=O)N2CCNCC2)CCN1C. The number of rotatable bonds is 1. The number of piperazine rings is 1. The highest BCUT2D eigenvalue weighted by Gasteiger charge is 2.28. The number of carbonyl (C=O) groups is 2. The maximum Gasteiger partial charge on any atom is 0.311 e. The van der Waals surface area contributed by atoms with Crippen molar-refractivity contribution < 1.29 is 9.59 Å². The van der Waals surface area contributed by atoms with E-state index in [0.717, 1.165) is 32.5 Å². The number of piperidine rings is 1. The number of nitrogens with zero attached hydrogens (tertiary/aromatic N) is 2. The van der Waals surface area contributed by atoms with E-state index in [0.29, 0.717) is 19.1 Å². The molecule has 2 unspecified atom stereocenters. The van der Waals surface area contributed by atoms with Crippen molar-refractivity contribution in [1.82, 2.24) is 20.4 Å². The second-order valence-electron chi connectivity index (χ2n) is 5.57. The smallest absolute Gasteiger partial charge is 0.311 e. The molecule has 0 aromatic heterocycles. The van der Waals surface area contributed by atoms with Gasteiger partial charge >= 0.3 is 11.8 Å². The Labute approximate surface area is 114 Å². The van der Waals surface area contributed by atoms with Gasteiger partial charge < -0.3 is 20.4 Å². The molecule has 2 N–H and O–H groups in total. The molecule has 0 spiro atoms. The van der Waals surface area contributed by atoms with E-state index in [1.165, 1.54) is 0 Å². The molecule has 2 fully saturated rings. The Morgan fingerprint density at radius 1 is 1.21 bits per heavy atom. The molecule has 19 heavy (non-hydrogen) atoms. The minimum atomic E-state index is -0.441. The number of amides is 2. The first kappa shape index (κ1) is 14.3. The lowest BCUT2D eigenvalue weighted by Gasteiger charge is -2.35. The van der Waals surface area contributed by atoms with E-state index in [9.17, 15) is 9.59 Å². The van der Waals surface area contributed by atoms with E-state index in [1.807, 2.05) is 0 Å². The van der Waals surface area contributed by atoms with Gasteiger partial charge in [0.25, 0.3) is 0 Å². The van der Waals surface area contributed by atoms with Crippen molar-refractivity contribution in [3.05, 3.63) is 0 Å². The van der Waals surface area contributed by atoms with Crippen LogP contribution < -0.4 is 10.6 Å². The van der Waals surface area contributed by atoms with Gasteiger partial charge in [-0.2, -0.15) is 0 Å². The minimum absolute atomic E-state index is 0.130. The third-order valence-corrected chi connectivity index (χ3v) is 4.14. The zero-order valence-corrected chi connectivity index (χ0v) is 11.8. The predicted molar refractivity (Wildman–Crippen MR) is 72.7 cm³/mol. The molecule has 2 saturated heterocycles. The second-order valence-corrected chi connectivity index (χ2v) is 5.57. The topological polar surface area (TPSA) is 64.7 Å². The fraction of sp³-hybridized carbons (Fsp3) is 0.846. The van der Waals surface area contributed by atoms with Gasteiger partial charge in [0.05, 0.1) is 0 Å². The average molecular weight is 268 g/mol. The molecule has 0 radical (unpaired) electrons. The summed E-state index contributed by atoms with van der Waals surface area (Å²) in [5.41, 5.74) is 0. The first-order valence-electron chi connectivity index (χ1n) is 7.08. The molecule has 2 rings (SSSR count). The lowest BCUT2D eigenvalue weighted by Crippen LogP contribution is -2.54. The molecule has 0 saturated carbocycles. The largest absolute Gasteiger partial charge is 0.345 e. The summed E-state index contributed by atoms with van der Waals surface area (Å²) >= 11 is 0. The Balaban J connectivity index is 1.81. The van der Waals surface area contributed by atoms with E-state index in [-0.39, 0.29) is 11.9 Å². The van der Waals surface area contributed by atoms with Crippen LogP contribution in [-0.4, -0.2) is 73.5 Å². The Morgan fingerprint density at radius 2 is 1.89 bits per heavy atom. The van der Waals surface area contributed by atoms with Crippen LogP contribution in [0.3, 0.4) is 0 Å².